The smallest absolute Gasteiger partial charge is 0.177 e. The minimum Gasteiger partial charge on any atom is -0.394 e. The summed E-state index contributed by atoms with van der Waals surface area (Å²) in [6, 6.07) is 0. The highest BCUT2D eigenvalue weighted by Gasteiger charge is 2.43. The van der Waals surface area contributed by atoms with Gasteiger partial charge in [0, 0.05) is 18.8 Å². The first-order chi connectivity index (χ1) is 8.45. The normalized spacial score (nSPS) is 31.8. The molecular formula is C10H14N2O4S2. The molecule has 2 heterocycles. The third-order valence-corrected chi connectivity index (χ3v) is 3.71. The van der Waals surface area contributed by atoms with Gasteiger partial charge in [-0.15, -0.1) is 0 Å². The molecule has 0 radical (unpaired) electrons. The number of aliphatic hydroxyl groups is 3. The van der Waals surface area contributed by atoms with Gasteiger partial charge in [-0.1, -0.05) is 12.2 Å². The van der Waals surface area contributed by atoms with Gasteiger partial charge in [0.15, 0.2) is 4.77 Å². The molecule has 0 bridgehead atoms. The number of nitrogens with zero attached hydrogens (tertiary/aromatic N) is 1. The lowest BCUT2D eigenvalue weighted by Gasteiger charge is -2.16. The minimum absolute atomic E-state index is 0.355. The summed E-state index contributed by atoms with van der Waals surface area (Å²) >= 11 is 10.2. The van der Waals surface area contributed by atoms with Gasteiger partial charge < -0.3 is 29.6 Å². The Labute approximate surface area is 113 Å². The SMILES string of the molecule is Cn1cc([C@@H]2O[C@H](CO)C(O)C2O)c(=S)[nH]c1=S. The van der Waals surface area contributed by atoms with Crippen LogP contribution in [0.1, 0.15) is 11.7 Å². The number of nitrogens with one attached hydrogen (secondary N) is 1. The standard InChI is InChI=1S/C10H14N2O4S2/c1-12-2-4(9(17)11-10(12)18)8-7(15)6(14)5(3-13)16-8/h2,5-8,13-15H,3H2,1H3,(H,11,17,18)/t5-,6?,7?,8+/m1/s1. The Morgan fingerprint density at radius 1 is 1.39 bits per heavy atom. The van der Waals surface area contributed by atoms with Crippen molar-refractivity contribution < 1.29 is 20.1 Å². The van der Waals surface area contributed by atoms with Gasteiger partial charge in [0.05, 0.1) is 6.61 Å². The number of aromatic amines is 1. The summed E-state index contributed by atoms with van der Waals surface area (Å²) in [5.74, 6) is 0. The number of aryl methyl sites for hydroxylation is 1. The van der Waals surface area contributed by atoms with Crippen LogP contribution in [0.25, 0.3) is 0 Å². The molecule has 2 unspecified atom stereocenters. The third kappa shape index (κ3) is 2.27. The number of hydrogen-bond donors (Lipinski definition) is 4. The minimum atomic E-state index is -1.14. The van der Waals surface area contributed by atoms with Crippen LogP contribution in [-0.4, -0.2) is 49.8 Å². The van der Waals surface area contributed by atoms with Gasteiger partial charge in [0.2, 0.25) is 0 Å². The Morgan fingerprint density at radius 2 is 2.06 bits per heavy atom. The van der Waals surface area contributed by atoms with Gasteiger partial charge >= 0.3 is 0 Å². The van der Waals surface area contributed by atoms with Crippen molar-refractivity contribution in [2.75, 3.05) is 6.61 Å². The molecule has 8 heteroatoms. The monoisotopic (exact) mass is 290 g/mol. The topological polar surface area (TPSA) is 90.6 Å². The van der Waals surface area contributed by atoms with Crippen LogP contribution in [0.2, 0.25) is 0 Å². The molecule has 4 atom stereocenters. The zero-order valence-corrected chi connectivity index (χ0v) is 11.2. The summed E-state index contributed by atoms with van der Waals surface area (Å²) in [5.41, 5.74) is 0.531. The van der Waals surface area contributed by atoms with E-state index in [2.05, 4.69) is 4.98 Å². The lowest BCUT2D eigenvalue weighted by molar-refractivity contribution is -0.0231. The molecule has 6 nitrogen and oxygen atoms in total. The molecule has 1 aliphatic heterocycles. The van der Waals surface area contributed by atoms with Crippen molar-refractivity contribution in [2.24, 2.45) is 7.05 Å². The Kier molecular flexibility index (Phi) is 3.95. The first-order valence-electron chi connectivity index (χ1n) is 5.38. The van der Waals surface area contributed by atoms with Crippen LogP contribution in [0.3, 0.4) is 0 Å². The molecule has 1 aromatic heterocycles. The van der Waals surface area contributed by atoms with Crippen molar-refractivity contribution in [1.29, 1.82) is 0 Å². The molecule has 0 aliphatic carbocycles. The number of aliphatic hydroxyl groups excluding tert-OH is 3. The van der Waals surface area contributed by atoms with E-state index in [4.69, 9.17) is 34.3 Å². The van der Waals surface area contributed by atoms with E-state index in [0.29, 0.717) is 15.0 Å². The molecule has 1 aromatic rings. The maximum atomic E-state index is 9.92. The van der Waals surface area contributed by atoms with E-state index in [1.807, 2.05) is 0 Å². The predicted octanol–water partition coefficient (Wildman–Crippen LogP) is -0.0338. The summed E-state index contributed by atoms with van der Waals surface area (Å²) < 4.78 is 7.86. The summed E-state index contributed by atoms with van der Waals surface area (Å²) in [6.07, 6.45) is -2.20. The molecule has 0 spiro atoms. The Hall–Kier alpha value is -0.640. The molecular weight excluding hydrogens is 276 g/mol. The molecule has 1 aliphatic rings. The Bertz CT molecular complexity index is 556. The van der Waals surface area contributed by atoms with Crippen LogP contribution in [0.5, 0.6) is 0 Å². The maximum Gasteiger partial charge on any atom is 0.177 e. The molecule has 0 aromatic carbocycles. The molecule has 100 valence electrons. The number of hydrogen-bond acceptors (Lipinski definition) is 6. The zero-order valence-electron chi connectivity index (χ0n) is 9.61. The van der Waals surface area contributed by atoms with Crippen LogP contribution in [0.15, 0.2) is 6.20 Å². The largest absolute Gasteiger partial charge is 0.394 e. The summed E-state index contributed by atoms with van der Waals surface area (Å²) in [6.45, 7) is -0.365. The van der Waals surface area contributed by atoms with Gasteiger partial charge in [0.1, 0.15) is 29.1 Å². The van der Waals surface area contributed by atoms with E-state index in [9.17, 15) is 10.2 Å². The highest BCUT2D eigenvalue weighted by molar-refractivity contribution is 7.72. The number of aromatic nitrogens is 2. The van der Waals surface area contributed by atoms with E-state index in [1.165, 1.54) is 0 Å². The number of rotatable bonds is 2. The fraction of sp³-hybridized carbons (Fsp3) is 0.600. The fourth-order valence-corrected chi connectivity index (χ4v) is 2.43. The molecule has 0 saturated carbocycles. The van der Waals surface area contributed by atoms with Crippen LogP contribution in [0, 0.1) is 9.41 Å². The van der Waals surface area contributed by atoms with Crippen molar-refractivity contribution in [2.45, 2.75) is 24.4 Å². The molecule has 18 heavy (non-hydrogen) atoms. The van der Waals surface area contributed by atoms with Crippen molar-refractivity contribution in [1.82, 2.24) is 9.55 Å². The average molecular weight is 290 g/mol. The fourth-order valence-electron chi connectivity index (χ4n) is 1.94. The predicted molar refractivity (Wildman–Crippen MR) is 68.1 cm³/mol. The van der Waals surface area contributed by atoms with Crippen molar-refractivity contribution in [3.8, 4) is 0 Å². The Morgan fingerprint density at radius 3 is 2.61 bits per heavy atom. The molecule has 0 amide bonds. The first-order valence-corrected chi connectivity index (χ1v) is 6.19. The molecule has 4 N–H and O–H groups in total. The van der Waals surface area contributed by atoms with Gasteiger partial charge in [-0.2, -0.15) is 0 Å². The number of ether oxygens (including phenoxy) is 1. The lowest BCUT2D eigenvalue weighted by atomic mass is 10.0. The second kappa shape index (κ2) is 5.16. The van der Waals surface area contributed by atoms with Crippen LogP contribution < -0.4 is 0 Å². The molecule has 1 fully saturated rings. The molecule has 2 rings (SSSR count). The quantitative estimate of drug-likeness (QED) is 0.572. The molecule has 1 saturated heterocycles. The van der Waals surface area contributed by atoms with Crippen molar-refractivity contribution in [3.63, 3.8) is 0 Å². The highest BCUT2D eigenvalue weighted by atomic mass is 32.1. The summed E-state index contributed by atoms with van der Waals surface area (Å²) in [7, 11) is 1.73. The van der Waals surface area contributed by atoms with Gasteiger partial charge in [-0.3, -0.25) is 0 Å². The van der Waals surface area contributed by atoms with E-state index >= 15 is 0 Å². The second-order valence-corrected chi connectivity index (χ2v) is 5.01. The van der Waals surface area contributed by atoms with Gasteiger partial charge in [0.25, 0.3) is 0 Å². The van der Waals surface area contributed by atoms with Crippen LogP contribution in [-0.2, 0) is 11.8 Å². The van der Waals surface area contributed by atoms with Crippen molar-refractivity contribution in [3.05, 3.63) is 21.2 Å². The summed E-state index contributed by atoms with van der Waals surface area (Å²) in [4.78, 5) is 2.81. The van der Waals surface area contributed by atoms with E-state index in [1.54, 1.807) is 17.8 Å². The van der Waals surface area contributed by atoms with Gasteiger partial charge in [-0.25, -0.2) is 0 Å². The lowest BCUT2D eigenvalue weighted by Crippen LogP contribution is -2.32. The Balaban J connectivity index is 2.42. The second-order valence-electron chi connectivity index (χ2n) is 4.21. The average Bonchev–Trinajstić information content (AvgIpc) is 2.61. The zero-order chi connectivity index (χ0) is 13.4. The van der Waals surface area contributed by atoms with E-state index < -0.39 is 24.4 Å². The summed E-state index contributed by atoms with van der Waals surface area (Å²) in [5, 5.41) is 28.6. The maximum absolute atomic E-state index is 9.92. The highest BCUT2D eigenvalue weighted by Crippen LogP contribution is 2.33. The van der Waals surface area contributed by atoms with Crippen LogP contribution >= 0.6 is 24.4 Å². The third-order valence-electron chi connectivity index (χ3n) is 2.98. The number of H-pyrrole nitrogens is 1. The van der Waals surface area contributed by atoms with E-state index in [-0.39, 0.29) is 6.61 Å². The van der Waals surface area contributed by atoms with E-state index in [0.717, 1.165) is 0 Å². The van der Waals surface area contributed by atoms with Crippen LogP contribution in [0.4, 0.5) is 0 Å². The first kappa shape index (κ1) is 13.8. The van der Waals surface area contributed by atoms with Gasteiger partial charge in [-0.05, 0) is 12.2 Å². The van der Waals surface area contributed by atoms with Crippen molar-refractivity contribution >= 4 is 24.4 Å².